The molecule has 2 aromatic heterocycles. The minimum atomic E-state index is 0.541. The third-order valence-corrected chi connectivity index (χ3v) is 4.18. The SMILES string of the molecule is CCCCCn1c(C2CCCNC2)nc2cccnc21. The third kappa shape index (κ3) is 2.70. The molecule has 0 amide bonds. The molecule has 1 aliphatic heterocycles. The van der Waals surface area contributed by atoms with Gasteiger partial charge in [-0.25, -0.2) is 9.97 Å². The molecule has 108 valence electrons. The summed E-state index contributed by atoms with van der Waals surface area (Å²) in [7, 11) is 0. The van der Waals surface area contributed by atoms with Crippen molar-refractivity contribution < 1.29 is 0 Å². The van der Waals surface area contributed by atoms with Gasteiger partial charge in [0.15, 0.2) is 5.65 Å². The average Bonchev–Trinajstić information content (AvgIpc) is 2.87. The van der Waals surface area contributed by atoms with Gasteiger partial charge in [-0.05, 0) is 37.9 Å². The number of fused-ring (bicyclic) bond motifs is 1. The van der Waals surface area contributed by atoms with Gasteiger partial charge in [0, 0.05) is 25.2 Å². The number of hydrogen-bond donors (Lipinski definition) is 1. The Morgan fingerprint density at radius 2 is 2.35 bits per heavy atom. The maximum absolute atomic E-state index is 4.88. The van der Waals surface area contributed by atoms with Gasteiger partial charge in [0.05, 0.1) is 0 Å². The summed E-state index contributed by atoms with van der Waals surface area (Å²) in [6.07, 6.45) is 8.10. The topological polar surface area (TPSA) is 42.7 Å². The van der Waals surface area contributed by atoms with Crippen LogP contribution in [0.15, 0.2) is 18.3 Å². The summed E-state index contributed by atoms with van der Waals surface area (Å²) < 4.78 is 2.36. The molecule has 1 aliphatic rings. The Balaban J connectivity index is 1.93. The molecule has 0 radical (unpaired) electrons. The molecule has 20 heavy (non-hydrogen) atoms. The molecule has 1 fully saturated rings. The lowest BCUT2D eigenvalue weighted by atomic mass is 9.99. The second kappa shape index (κ2) is 6.35. The number of aryl methyl sites for hydroxylation is 1. The van der Waals surface area contributed by atoms with Gasteiger partial charge in [-0.15, -0.1) is 0 Å². The van der Waals surface area contributed by atoms with Crippen molar-refractivity contribution in [2.45, 2.75) is 51.5 Å². The number of aromatic nitrogens is 3. The Bertz CT molecular complexity index is 555. The Labute approximate surface area is 120 Å². The summed E-state index contributed by atoms with van der Waals surface area (Å²) in [6.45, 7) is 5.49. The molecule has 0 aromatic carbocycles. The lowest BCUT2D eigenvalue weighted by molar-refractivity contribution is 0.430. The molecular formula is C16H24N4. The van der Waals surface area contributed by atoms with Crippen molar-refractivity contribution in [2.24, 2.45) is 0 Å². The third-order valence-electron chi connectivity index (χ3n) is 4.18. The highest BCUT2D eigenvalue weighted by Gasteiger charge is 2.22. The van der Waals surface area contributed by atoms with Gasteiger partial charge in [0.25, 0.3) is 0 Å². The van der Waals surface area contributed by atoms with Crippen molar-refractivity contribution in [3.8, 4) is 0 Å². The van der Waals surface area contributed by atoms with E-state index in [2.05, 4.69) is 27.9 Å². The summed E-state index contributed by atoms with van der Waals surface area (Å²) >= 11 is 0. The van der Waals surface area contributed by atoms with E-state index >= 15 is 0 Å². The second-order valence-electron chi connectivity index (χ2n) is 5.72. The van der Waals surface area contributed by atoms with E-state index in [4.69, 9.17) is 4.98 Å². The molecule has 0 saturated carbocycles. The number of imidazole rings is 1. The maximum Gasteiger partial charge on any atom is 0.159 e. The largest absolute Gasteiger partial charge is 0.316 e. The first kappa shape index (κ1) is 13.6. The number of hydrogen-bond acceptors (Lipinski definition) is 3. The molecule has 1 unspecified atom stereocenters. The number of unbranched alkanes of at least 4 members (excludes halogenated alkanes) is 2. The van der Waals surface area contributed by atoms with E-state index in [-0.39, 0.29) is 0 Å². The fourth-order valence-electron chi connectivity index (χ4n) is 3.10. The number of nitrogens with zero attached hydrogens (tertiary/aromatic N) is 3. The van der Waals surface area contributed by atoms with Crippen LogP contribution in [0.4, 0.5) is 0 Å². The van der Waals surface area contributed by atoms with Crippen molar-refractivity contribution in [3.05, 3.63) is 24.2 Å². The van der Waals surface area contributed by atoms with Crippen LogP contribution in [0, 0.1) is 0 Å². The first-order valence-electron chi connectivity index (χ1n) is 7.92. The molecule has 2 aromatic rings. The first-order valence-corrected chi connectivity index (χ1v) is 7.92. The molecule has 1 atom stereocenters. The van der Waals surface area contributed by atoms with Gasteiger partial charge < -0.3 is 9.88 Å². The molecule has 4 nitrogen and oxygen atoms in total. The second-order valence-corrected chi connectivity index (χ2v) is 5.72. The zero-order valence-electron chi connectivity index (χ0n) is 12.3. The Morgan fingerprint density at radius 1 is 1.40 bits per heavy atom. The van der Waals surface area contributed by atoms with E-state index < -0.39 is 0 Å². The highest BCUT2D eigenvalue weighted by atomic mass is 15.1. The minimum absolute atomic E-state index is 0.541. The summed E-state index contributed by atoms with van der Waals surface area (Å²) in [5.74, 6) is 1.78. The molecule has 0 spiro atoms. The van der Waals surface area contributed by atoms with Crippen molar-refractivity contribution >= 4 is 11.2 Å². The van der Waals surface area contributed by atoms with E-state index in [1.54, 1.807) is 0 Å². The predicted octanol–water partition coefficient (Wildman–Crippen LogP) is 3.09. The van der Waals surface area contributed by atoms with Crippen molar-refractivity contribution in [2.75, 3.05) is 13.1 Å². The highest BCUT2D eigenvalue weighted by molar-refractivity contribution is 5.71. The molecule has 0 bridgehead atoms. The van der Waals surface area contributed by atoms with Crippen LogP contribution in [0.5, 0.6) is 0 Å². The molecule has 4 heteroatoms. The Kier molecular flexibility index (Phi) is 4.31. The molecular weight excluding hydrogens is 248 g/mol. The van der Waals surface area contributed by atoms with E-state index in [1.165, 1.54) is 37.9 Å². The zero-order valence-corrected chi connectivity index (χ0v) is 12.3. The molecule has 1 saturated heterocycles. The summed E-state index contributed by atoms with van der Waals surface area (Å²) in [5, 5.41) is 3.50. The average molecular weight is 272 g/mol. The fourth-order valence-corrected chi connectivity index (χ4v) is 3.10. The van der Waals surface area contributed by atoms with Crippen LogP contribution < -0.4 is 5.32 Å². The first-order chi connectivity index (χ1) is 9.90. The zero-order chi connectivity index (χ0) is 13.8. The van der Waals surface area contributed by atoms with Crippen LogP contribution in [0.1, 0.15) is 50.8 Å². The smallest absolute Gasteiger partial charge is 0.159 e. The maximum atomic E-state index is 4.88. The van der Waals surface area contributed by atoms with Crippen LogP contribution in [-0.2, 0) is 6.54 Å². The predicted molar refractivity (Wildman–Crippen MR) is 81.9 cm³/mol. The van der Waals surface area contributed by atoms with Gasteiger partial charge >= 0.3 is 0 Å². The van der Waals surface area contributed by atoms with Crippen LogP contribution in [0.25, 0.3) is 11.2 Å². The lowest BCUT2D eigenvalue weighted by Gasteiger charge is -2.23. The number of piperidine rings is 1. The van der Waals surface area contributed by atoms with Crippen LogP contribution in [0.3, 0.4) is 0 Å². The number of rotatable bonds is 5. The van der Waals surface area contributed by atoms with E-state index in [9.17, 15) is 0 Å². The highest BCUT2D eigenvalue weighted by Crippen LogP contribution is 2.26. The fraction of sp³-hybridized carbons (Fsp3) is 0.625. The quantitative estimate of drug-likeness (QED) is 0.851. The normalized spacial score (nSPS) is 19.6. The van der Waals surface area contributed by atoms with Gasteiger partial charge in [0.2, 0.25) is 0 Å². The van der Waals surface area contributed by atoms with Crippen LogP contribution in [0.2, 0.25) is 0 Å². The summed E-state index contributed by atoms with van der Waals surface area (Å²) in [6, 6.07) is 4.06. The van der Waals surface area contributed by atoms with Gasteiger partial charge in [-0.1, -0.05) is 19.8 Å². The van der Waals surface area contributed by atoms with E-state index in [1.807, 2.05) is 12.3 Å². The monoisotopic (exact) mass is 272 g/mol. The molecule has 1 N–H and O–H groups in total. The Morgan fingerprint density at radius 3 is 3.15 bits per heavy atom. The molecule has 3 heterocycles. The summed E-state index contributed by atoms with van der Waals surface area (Å²) in [4.78, 5) is 9.43. The summed E-state index contributed by atoms with van der Waals surface area (Å²) in [5.41, 5.74) is 2.11. The Hall–Kier alpha value is -1.42. The van der Waals surface area contributed by atoms with E-state index in [0.29, 0.717) is 5.92 Å². The van der Waals surface area contributed by atoms with Crippen LogP contribution in [-0.4, -0.2) is 27.6 Å². The van der Waals surface area contributed by atoms with Crippen LogP contribution >= 0.6 is 0 Å². The van der Waals surface area contributed by atoms with Gasteiger partial charge in [-0.2, -0.15) is 0 Å². The lowest BCUT2D eigenvalue weighted by Crippen LogP contribution is -2.30. The number of nitrogens with one attached hydrogen (secondary N) is 1. The number of pyridine rings is 1. The standard InChI is InChI=1S/C16H24N4/c1-2-3-4-11-20-15(13-7-5-9-17-12-13)19-14-8-6-10-18-16(14)20/h6,8,10,13,17H,2-5,7,9,11-12H2,1H3. The van der Waals surface area contributed by atoms with E-state index in [0.717, 1.165) is 30.8 Å². The molecule has 3 rings (SSSR count). The van der Waals surface area contributed by atoms with Crippen molar-refractivity contribution in [1.29, 1.82) is 0 Å². The van der Waals surface area contributed by atoms with Gasteiger partial charge in [0.1, 0.15) is 11.3 Å². The molecule has 0 aliphatic carbocycles. The van der Waals surface area contributed by atoms with Gasteiger partial charge in [-0.3, -0.25) is 0 Å². The van der Waals surface area contributed by atoms with Crippen molar-refractivity contribution in [3.63, 3.8) is 0 Å². The van der Waals surface area contributed by atoms with Crippen molar-refractivity contribution in [1.82, 2.24) is 19.9 Å². The minimum Gasteiger partial charge on any atom is -0.316 e.